The second kappa shape index (κ2) is 4.98. The number of nitrogen functional groups attached to an aromatic ring is 1. The molecule has 1 rings (SSSR count). The van der Waals surface area contributed by atoms with Gasteiger partial charge in [0.25, 0.3) is 0 Å². The van der Waals surface area contributed by atoms with Crippen molar-refractivity contribution < 1.29 is 9.84 Å². The molecule has 0 bridgehead atoms. The summed E-state index contributed by atoms with van der Waals surface area (Å²) < 4.78 is 4.96. The summed E-state index contributed by atoms with van der Waals surface area (Å²) in [7, 11) is 1.51. The molecule has 6 heteroatoms. The Labute approximate surface area is 94.9 Å². The van der Waals surface area contributed by atoms with E-state index in [0.717, 1.165) is 0 Å². The molecule has 6 nitrogen and oxygen atoms in total. The van der Waals surface area contributed by atoms with E-state index in [2.05, 4.69) is 15.3 Å². The number of nitrogens with one attached hydrogen (secondary N) is 1. The molecule has 0 saturated heterocycles. The zero-order chi connectivity index (χ0) is 12.2. The lowest BCUT2D eigenvalue weighted by Crippen LogP contribution is -2.32. The summed E-state index contributed by atoms with van der Waals surface area (Å²) in [5.41, 5.74) is 4.73. The van der Waals surface area contributed by atoms with Gasteiger partial charge in [0.15, 0.2) is 0 Å². The molecule has 0 aliphatic rings. The highest BCUT2D eigenvalue weighted by molar-refractivity contribution is 5.42. The van der Waals surface area contributed by atoms with E-state index in [-0.39, 0.29) is 5.95 Å². The Hall–Kier alpha value is -1.56. The van der Waals surface area contributed by atoms with Gasteiger partial charge >= 0.3 is 0 Å². The minimum absolute atomic E-state index is 0.137. The highest BCUT2D eigenvalue weighted by Crippen LogP contribution is 2.16. The Morgan fingerprint density at radius 3 is 2.81 bits per heavy atom. The predicted octanol–water partition coefficient (Wildman–Crippen LogP) is 0.640. The first-order valence-electron chi connectivity index (χ1n) is 5.11. The molecule has 1 aromatic heterocycles. The highest BCUT2D eigenvalue weighted by Gasteiger charge is 2.17. The lowest BCUT2D eigenvalue weighted by atomic mass is 10.0. The SMILES string of the molecule is CCC(C)(O)CNc1cc(OC)nc(N)n1. The average Bonchev–Trinajstić information content (AvgIpc) is 2.26. The largest absolute Gasteiger partial charge is 0.481 e. The van der Waals surface area contributed by atoms with Crippen LogP contribution in [-0.4, -0.2) is 34.3 Å². The van der Waals surface area contributed by atoms with Crippen LogP contribution in [0.4, 0.5) is 11.8 Å². The third-order valence-corrected chi connectivity index (χ3v) is 2.34. The molecule has 1 atom stereocenters. The van der Waals surface area contributed by atoms with Crippen LogP contribution in [0.3, 0.4) is 0 Å². The second-order valence-corrected chi connectivity index (χ2v) is 3.86. The average molecular weight is 226 g/mol. The molecule has 0 aromatic carbocycles. The maximum absolute atomic E-state index is 9.81. The number of hydrogen-bond donors (Lipinski definition) is 3. The maximum Gasteiger partial charge on any atom is 0.225 e. The lowest BCUT2D eigenvalue weighted by Gasteiger charge is -2.21. The molecule has 0 amide bonds. The van der Waals surface area contributed by atoms with Crippen LogP contribution in [0, 0.1) is 0 Å². The fourth-order valence-corrected chi connectivity index (χ4v) is 1.04. The van der Waals surface area contributed by atoms with Gasteiger partial charge in [-0.15, -0.1) is 0 Å². The summed E-state index contributed by atoms with van der Waals surface area (Å²) in [5, 5.41) is 12.8. The van der Waals surface area contributed by atoms with Crippen LogP contribution in [0.1, 0.15) is 20.3 Å². The van der Waals surface area contributed by atoms with Gasteiger partial charge in [-0.25, -0.2) is 0 Å². The zero-order valence-corrected chi connectivity index (χ0v) is 9.82. The van der Waals surface area contributed by atoms with Crippen molar-refractivity contribution in [2.45, 2.75) is 25.9 Å². The Kier molecular flexibility index (Phi) is 3.89. The normalized spacial score (nSPS) is 14.2. The van der Waals surface area contributed by atoms with E-state index in [4.69, 9.17) is 10.5 Å². The van der Waals surface area contributed by atoms with Crippen LogP contribution in [0.25, 0.3) is 0 Å². The number of methoxy groups -OCH3 is 1. The van der Waals surface area contributed by atoms with Crippen molar-refractivity contribution in [2.24, 2.45) is 0 Å². The van der Waals surface area contributed by atoms with Crippen molar-refractivity contribution in [1.29, 1.82) is 0 Å². The van der Waals surface area contributed by atoms with Gasteiger partial charge in [0, 0.05) is 12.6 Å². The van der Waals surface area contributed by atoms with Crippen LogP contribution in [0.2, 0.25) is 0 Å². The molecule has 1 aromatic rings. The Morgan fingerprint density at radius 2 is 2.25 bits per heavy atom. The lowest BCUT2D eigenvalue weighted by molar-refractivity contribution is 0.0696. The number of aliphatic hydroxyl groups is 1. The number of hydrogen-bond acceptors (Lipinski definition) is 6. The molecule has 0 aliphatic carbocycles. The van der Waals surface area contributed by atoms with E-state index in [1.165, 1.54) is 7.11 Å². The molecule has 0 aliphatic heterocycles. The van der Waals surface area contributed by atoms with Crippen molar-refractivity contribution in [3.05, 3.63) is 6.07 Å². The molecular formula is C10H18N4O2. The van der Waals surface area contributed by atoms with Crippen LogP contribution in [0.15, 0.2) is 6.07 Å². The first kappa shape index (κ1) is 12.5. The van der Waals surface area contributed by atoms with Gasteiger partial charge in [0.1, 0.15) is 5.82 Å². The number of anilines is 2. The quantitative estimate of drug-likeness (QED) is 0.682. The van der Waals surface area contributed by atoms with Crippen LogP contribution < -0.4 is 15.8 Å². The number of nitrogens with zero attached hydrogens (tertiary/aromatic N) is 2. The Balaban J connectivity index is 2.70. The molecule has 0 saturated carbocycles. The number of rotatable bonds is 5. The van der Waals surface area contributed by atoms with Gasteiger partial charge in [-0.05, 0) is 13.3 Å². The molecule has 90 valence electrons. The summed E-state index contributed by atoms with van der Waals surface area (Å²) in [6, 6.07) is 1.63. The standard InChI is InChI=1S/C10H18N4O2/c1-4-10(2,15)6-12-7-5-8(16-3)14-9(11)13-7/h5,15H,4,6H2,1-3H3,(H3,11,12,13,14). The fourth-order valence-electron chi connectivity index (χ4n) is 1.04. The first-order valence-corrected chi connectivity index (χ1v) is 5.11. The summed E-state index contributed by atoms with van der Waals surface area (Å²) >= 11 is 0. The summed E-state index contributed by atoms with van der Waals surface area (Å²) in [5.74, 6) is 1.07. The second-order valence-electron chi connectivity index (χ2n) is 3.86. The number of nitrogens with two attached hydrogens (primary N) is 1. The topological polar surface area (TPSA) is 93.3 Å². The zero-order valence-electron chi connectivity index (χ0n) is 9.82. The predicted molar refractivity (Wildman–Crippen MR) is 62.4 cm³/mol. The maximum atomic E-state index is 9.81. The van der Waals surface area contributed by atoms with Crippen LogP contribution in [0.5, 0.6) is 5.88 Å². The van der Waals surface area contributed by atoms with E-state index in [0.29, 0.717) is 24.7 Å². The van der Waals surface area contributed by atoms with E-state index in [9.17, 15) is 5.11 Å². The van der Waals surface area contributed by atoms with Gasteiger partial charge in [0.2, 0.25) is 11.8 Å². The molecule has 1 heterocycles. The third kappa shape index (κ3) is 3.54. The van der Waals surface area contributed by atoms with Crippen molar-refractivity contribution in [3.63, 3.8) is 0 Å². The first-order chi connectivity index (χ1) is 7.46. The Bertz CT molecular complexity index is 355. The third-order valence-electron chi connectivity index (χ3n) is 2.34. The molecule has 0 radical (unpaired) electrons. The molecular weight excluding hydrogens is 208 g/mol. The summed E-state index contributed by atoms with van der Waals surface area (Å²) in [6.07, 6.45) is 0.650. The number of aromatic nitrogens is 2. The minimum atomic E-state index is -0.771. The van der Waals surface area contributed by atoms with Gasteiger partial charge in [-0.1, -0.05) is 6.92 Å². The molecule has 4 N–H and O–H groups in total. The van der Waals surface area contributed by atoms with Crippen LogP contribution >= 0.6 is 0 Å². The molecule has 1 unspecified atom stereocenters. The number of ether oxygens (including phenoxy) is 1. The van der Waals surface area contributed by atoms with E-state index < -0.39 is 5.60 Å². The smallest absolute Gasteiger partial charge is 0.225 e. The molecule has 0 spiro atoms. The van der Waals surface area contributed by atoms with E-state index >= 15 is 0 Å². The summed E-state index contributed by atoms with van der Waals surface area (Å²) in [4.78, 5) is 7.84. The van der Waals surface area contributed by atoms with Crippen LogP contribution in [-0.2, 0) is 0 Å². The monoisotopic (exact) mass is 226 g/mol. The van der Waals surface area contributed by atoms with Gasteiger partial charge in [-0.2, -0.15) is 9.97 Å². The fraction of sp³-hybridized carbons (Fsp3) is 0.600. The summed E-state index contributed by atoms with van der Waals surface area (Å²) in [6.45, 7) is 4.06. The molecule has 16 heavy (non-hydrogen) atoms. The van der Waals surface area contributed by atoms with Crippen molar-refractivity contribution in [1.82, 2.24) is 9.97 Å². The highest BCUT2D eigenvalue weighted by atomic mass is 16.5. The molecule has 0 fully saturated rings. The van der Waals surface area contributed by atoms with Gasteiger partial charge < -0.3 is 20.9 Å². The minimum Gasteiger partial charge on any atom is -0.481 e. The van der Waals surface area contributed by atoms with Crippen molar-refractivity contribution in [3.8, 4) is 5.88 Å². The van der Waals surface area contributed by atoms with E-state index in [1.807, 2.05) is 6.92 Å². The van der Waals surface area contributed by atoms with Gasteiger partial charge in [-0.3, -0.25) is 0 Å². The van der Waals surface area contributed by atoms with Crippen molar-refractivity contribution >= 4 is 11.8 Å². The van der Waals surface area contributed by atoms with Gasteiger partial charge in [0.05, 0.1) is 12.7 Å². The van der Waals surface area contributed by atoms with E-state index in [1.54, 1.807) is 13.0 Å². The Morgan fingerprint density at radius 1 is 1.56 bits per heavy atom. The van der Waals surface area contributed by atoms with Crippen molar-refractivity contribution in [2.75, 3.05) is 24.7 Å².